The van der Waals surface area contributed by atoms with Crippen molar-refractivity contribution in [2.45, 2.75) is 11.8 Å². The fourth-order valence-electron chi connectivity index (χ4n) is 3.88. The lowest BCUT2D eigenvalue weighted by Crippen LogP contribution is -2.32. The van der Waals surface area contributed by atoms with Crippen molar-refractivity contribution in [3.8, 4) is 11.1 Å². The number of rotatable bonds is 6. The van der Waals surface area contributed by atoms with Gasteiger partial charge in [-0.25, -0.2) is 4.79 Å². The number of hydrogen-bond donors (Lipinski definition) is 2. The van der Waals surface area contributed by atoms with Crippen LogP contribution in [0.2, 0.25) is 5.02 Å². The summed E-state index contributed by atoms with van der Waals surface area (Å²) in [5, 5.41) is 12.6. The number of amides is 1. The number of hydrogen-bond acceptors (Lipinski definition) is 3. The van der Waals surface area contributed by atoms with Crippen LogP contribution in [0.4, 0.5) is 4.79 Å². The van der Waals surface area contributed by atoms with E-state index in [1.807, 2.05) is 36.4 Å². The quantitative estimate of drug-likeness (QED) is 0.584. The number of benzene rings is 3. The van der Waals surface area contributed by atoms with Crippen LogP contribution in [0.1, 0.15) is 28.5 Å². The molecule has 0 spiro atoms. The zero-order valence-corrected chi connectivity index (χ0v) is 16.8. The summed E-state index contributed by atoms with van der Waals surface area (Å²) in [5.74, 6) is -1.96. The first-order valence-electron chi connectivity index (χ1n) is 9.61. The van der Waals surface area contributed by atoms with E-state index in [2.05, 4.69) is 17.4 Å². The third kappa shape index (κ3) is 4.02. The Balaban J connectivity index is 1.40. The Labute approximate surface area is 179 Å². The molecule has 0 saturated heterocycles. The summed E-state index contributed by atoms with van der Waals surface area (Å²) in [7, 11) is 0. The molecule has 4 rings (SSSR count). The second kappa shape index (κ2) is 8.59. The molecule has 1 amide bonds. The van der Waals surface area contributed by atoms with E-state index in [1.54, 1.807) is 24.3 Å². The highest BCUT2D eigenvalue weighted by Gasteiger charge is 2.29. The molecule has 0 unspecified atom stereocenters. The number of nitrogens with one attached hydrogen (secondary N) is 1. The number of fused-ring (bicyclic) bond motifs is 3. The van der Waals surface area contributed by atoms with Gasteiger partial charge in [-0.15, -0.1) is 0 Å². The van der Waals surface area contributed by atoms with Crippen molar-refractivity contribution in [2.75, 3.05) is 13.2 Å². The molecule has 152 valence electrons. The number of aliphatic carboxylic acids is 1. The van der Waals surface area contributed by atoms with Gasteiger partial charge in [-0.2, -0.15) is 0 Å². The molecule has 1 aliphatic rings. The minimum absolute atomic E-state index is 0.0466. The topological polar surface area (TPSA) is 75.6 Å². The van der Waals surface area contributed by atoms with Gasteiger partial charge in [-0.05, 0) is 39.9 Å². The lowest BCUT2D eigenvalue weighted by molar-refractivity contribution is -0.138. The van der Waals surface area contributed by atoms with Crippen LogP contribution < -0.4 is 5.32 Å². The van der Waals surface area contributed by atoms with E-state index in [0.29, 0.717) is 10.6 Å². The Morgan fingerprint density at radius 2 is 1.50 bits per heavy atom. The maximum Gasteiger partial charge on any atom is 0.407 e. The van der Waals surface area contributed by atoms with E-state index < -0.39 is 18.0 Å². The monoisotopic (exact) mass is 421 g/mol. The predicted octanol–water partition coefficient (Wildman–Crippen LogP) is 5.05. The maximum atomic E-state index is 12.3. The van der Waals surface area contributed by atoms with Crippen LogP contribution in [0.5, 0.6) is 0 Å². The van der Waals surface area contributed by atoms with Gasteiger partial charge in [-0.1, -0.05) is 72.3 Å². The van der Waals surface area contributed by atoms with Crippen molar-refractivity contribution in [2.24, 2.45) is 0 Å². The van der Waals surface area contributed by atoms with Crippen molar-refractivity contribution in [3.05, 3.63) is 94.5 Å². The van der Waals surface area contributed by atoms with Gasteiger partial charge in [0.15, 0.2) is 0 Å². The molecule has 0 saturated carbocycles. The third-order valence-corrected chi connectivity index (χ3v) is 5.62. The number of carboxylic acids is 1. The Morgan fingerprint density at radius 3 is 2.07 bits per heavy atom. The number of carbonyl (C=O) groups excluding carboxylic acids is 1. The van der Waals surface area contributed by atoms with Gasteiger partial charge in [0.2, 0.25) is 0 Å². The first kappa shape index (κ1) is 20.0. The van der Waals surface area contributed by atoms with Gasteiger partial charge in [0.05, 0.1) is 5.92 Å². The first-order chi connectivity index (χ1) is 14.5. The molecule has 0 radical (unpaired) electrons. The maximum absolute atomic E-state index is 12.3. The van der Waals surface area contributed by atoms with Gasteiger partial charge in [0.25, 0.3) is 0 Å². The highest BCUT2D eigenvalue weighted by Crippen LogP contribution is 2.44. The van der Waals surface area contributed by atoms with Crippen molar-refractivity contribution in [1.82, 2.24) is 5.32 Å². The molecule has 2 N–H and O–H groups in total. The number of halogens is 1. The minimum atomic E-state index is -1.03. The zero-order chi connectivity index (χ0) is 21.1. The smallest absolute Gasteiger partial charge is 0.407 e. The molecule has 0 fully saturated rings. The summed E-state index contributed by atoms with van der Waals surface area (Å²) in [5.41, 5.74) is 5.10. The fourth-order valence-corrected chi connectivity index (χ4v) is 4.00. The van der Waals surface area contributed by atoms with Crippen molar-refractivity contribution >= 4 is 23.7 Å². The molecule has 0 heterocycles. The van der Waals surface area contributed by atoms with Crippen LogP contribution in [0.25, 0.3) is 11.1 Å². The molecule has 30 heavy (non-hydrogen) atoms. The molecule has 0 bridgehead atoms. The van der Waals surface area contributed by atoms with E-state index in [9.17, 15) is 14.7 Å². The molecular weight excluding hydrogens is 402 g/mol. The highest BCUT2D eigenvalue weighted by molar-refractivity contribution is 6.30. The molecule has 1 atom stereocenters. The molecule has 0 aliphatic heterocycles. The largest absolute Gasteiger partial charge is 0.481 e. The van der Waals surface area contributed by atoms with Crippen molar-refractivity contribution in [1.29, 1.82) is 0 Å². The average Bonchev–Trinajstić information content (AvgIpc) is 3.07. The van der Waals surface area contributed by atoms with Crippen LogP contribution in [-0.4, -0.2) is 30.3 Å². The second-order valence-electron chi connectivity index (χ2n) is 7.15. The summed E-state index contributed by atoms with van der Waals surface area (Å²) in [6.45, 7) is 0.103. The lowest BCUT2D eigenvalue weighted by Gasteiger charge is -2.16. The fraction of sp³-hybridized carbons (Fsp3) is 0.167. The average molecular weight is 422 g/mol. The van der Waals surface area contributed by atoms with Crippen LogP contribution >= 0.6 is 11.6 Å². The molecule has 0 aromatic heterocycles. The third-order valence-electron chi connectivity index (χ3n) is 5.36. The van der Waals surface area contributed by atoms with Crippen molar-refractivity contribution in [3.63, 3.8) is 0 Å². The highest BCUT2D eigenvalue weighted by atomic mass is 35.5. The van der Waals surface area contributed by atoms with E-state index in [1.165, 1.54) is 0 Å². The molecule has 3 aromatic rings. The number of ether oxygens (including phenoxy) is 1. The molecule has 6 heteroatoms. The summed E-state index contributed by atoms with van der Waals surface area (Å²) >= 11 is 5.86. The van der Waals surface area contributed by atoms with Crippen molar-refractivity contribution < 1.29 is 19.4 Å². The van der Waals surface area contributed by atoms with Crippen LogP contribution in [0.15, 0.2) is 72.8 Å². The summed E-state index contributed by atoms with van der Waals surface area (Å²) in [4.78, 5) is 23.9. The molecule has 1 aliphatic carbocycles. The standard InChI is InChI=1S/C24H20ClNO4/c25-16-11-9-15(10-12-16)21(23(27)28)13-26-24(29)30-14-22-19-7-3-1-5-17(19)18-6-2-4-8-20(18)22/h1-12,21-22H,13-14H2,(H,26,29)(H,27,28)/t21-/m0/s1. The number of carbonyl (C=O) groups is 2. The van der Waals surface area contributed by atoms with E-state index >= 15 is 0 Å². The Morgan fingerprint density at radius 1 is 0.933 bits per heavy atom. The van der Waals surface area contributed by atoms with Crippen LogP contribution in [-0.2, 0) is 9.53 Å². The second-order valence-corrected chi connectivity index (χ2v) is 7.59. The van der Waals surface area contributed by atoms with Crippen LogP contribution in [0.3, 0.4) is 0 Å². The summed E-state index contributed by atoms with van der Waals surface area (Å²) in [6, 6.07) is 22.7. The van der Waals surface area contributed by atoms with E-state index in [4.69, 9.17) is 16.3 Å². The van der Waals surface area contributed by atoms with E-state index in [-0.39, 0.29) is 19.1 Å². The normalized spacial score (nSPS) is 13.2. The predicted molar refractivity (Wildman–Crippen MR) is 115 cm³/mol. The zero-order valence-electron chi connectivity index (χ0n) is 16.0. The SMILES string of the molecule is O=C(NC[C@H](C(=O)O)c1ccc(Cl)cc1)OCC1c2ccccc2-c2ccccc21. The van der Waals surface area contributed by atoms with Gasteiger partial charge in [0, 0.05) is 17.5 Å². The Kier molecular flexibility index (Phi) is 5.72. The Hall–Kier alpha value is -3.31. The minimum Gasteiger partial charge on any atom is -0.481 e. The summed E-state index contributed by atoms with van der Waals surface area (Å²) in [6.07, 6.45) is -0.642. The van der Waals surface area contributed by atoms with Gasteiger partial charge >= 0.3 is 12.1 Å². The van der Waals surface area contributed by atoms with Crippen LogP contribution in [0, 0.1) is 0 Å². The van der Waals surface area contributed by atoms with Gasteiger partial charge in [0.1, 0.15) is 6.61 Å². The molecular formula is C24H20ClNO4. The summed E-state index contributed by atoms with van der Waals surface area (Å²) < 4.78 is 5.46. The first-order valence-corrected chi connectivity index (χ1v) is 9.99. The number of alkyl carbamates (subject to hydrolysis) is 1. The van der Waals surface area contributed by atoms with E-state index in [0.717, 1.165) is 22.3 Å². The lowest BCUT2D eigenvalue weighted by atomic mass is 9.98. The molecule has 5 nitrogen and oxygen atoms in total. The Bertz CT molecular complexity index is 1040. The van der Waals surface area contributed by atoms with Gasteiger partial charge < -0.3 is 15.2 Å². The van der Waals surface area contributed by atoms with Gasteiger partial charge in [-0.3, -0.25) is 4.79 Å². The number of carboxylic acid groups (broad SMARTS) is 1. The molecule has 3 aromatic carbocycles.